The molecule has 222 valence electrons. The molecule has 0 aliphatic rings. The Morgan fingerprint density at radius 3 is 2.30 bits per heavy atom. The number of ether oxygens (including phenoxy) is 2. The summed E-state index contributed by atoms with van der Waals surface area (Å²) >= 11 is 0. The molecule has 0 bridgehead atoms. The number of para-hydroxylation sites is 1. The lowest BCUT2D eigenvalue weighted by Crippen LogP contribution is -2.16. The Kier molecular flexibility index (Phi) is 7.96. The first kappa shape index (κ1) is 29.4. The van der Waals surface area contributed by atoms with E-state index in [0.29, 0.717) is 28.5 Å². The SMILES string of the molecule is COC(=O)c1cn(-c2ccccc2)nc1NS(=O)(=O)c1ccc(OCc2nc(-c3ccc(C(F)(F)F)cc3)oc2C)cc1. The van der Waals surface area contributed by atoms with Gasteiger partial charge in [-0.2, -0.15) is 13.2 Å². The fourth-order valence-corrected chi connectivity index (χ4v) is 4.98. The van der Waals surface area contributed by atoms with Gasteiger partial charge < -0.3 is 13.9 Å². The zero-order valence-corrected chi connectivity index (χ0v) is 23.4. The number of anilines is 1. The number of methoxy groups -OCH3 is 1. The van der Waals surface area contributed by atoms with Crippen molar-refractivity contribution in [3.63, 3.8) is 0 Å². The predicted octanol–water partition coefficient (Wildman–Crippen LogP) is 6.02. The fraction of sp³-hybridized carbons (Fsp3) is 0.138. The highest BCUT2D eigenvalue weighted by molar-refractivity contribution is 7.92. The molecule has 0 saturated carbocycles. The van der Waals surface area contributed by atoms with Crippen LogP contribution < -0.4 is 9.46 Å². The summed E-state index contributed by atoms with van der Waals surface area (Å²) in [5.74, 6) is -0.108. The summed E-state index contributed by atoms with van der Waals surface area (Å²) in [6.07, 6.45) is -3.09. The maximum Gasteiger partial charge on any atom is 0.416 e. The molecule has 2 heterocycles. The summed E-state index contributed by atoms with van der Waals surface area (Å²) in [6.45, 7) is 1.60. The summed E-state index contributed by atoms with van der Waals surface area (Å²) in [7, 11) is -2.99. The van der Waals surface area contributed by atoms with Gasteiger partial charge in [0.05, 0.1) is 23.3 Å². The molecular weight excluding hydrogens is 589 g/mol. The topological polar surface area (TPSA) is 126 Å². The standard InChI is InChI=1S/C29H23F3N4O6S/c1-18-25(33-27(42-18)19-8-10-20(11-9-19)29(30,31)32)17-41-22-12-14-23(15-13-22)43(38,39)35-26-24(28(37)40-2)16-36(34-26)21-6-4-3-5-7-21/h3-16H,17H2,1-2H3,(H,34,35). The second-order valence-electron chi connectivity index (χ2n) is 9.13. The van der Waals surface area contributed by atoms with Crippen molar-refractivity contribution in [1.82, 2.24) is 14.8 Å². The van der Waals surface area contributed by atoms with Gasteiger partial charge in [0.25, 0.3) is 10.0 Å². The van der Waals surface area contributed by atoms with E-state index in [2.05, 4.69) is 14.8 Å². The average molecular weight is 613 g/mol. The Hall–Kier alpha value is -5.11. The van der Waals surface area contributed by atoms with Gasteiger partial charge in [-0.3, -0.25) is 4.72 Å². The van der Waals surface area contributed by atoms with Crippen LogP contribution in [0, 0.1) is 6.92 Å². The van der Waals surface area contributed by atoms with E-state index in [-0.39, 0.29) is 28.8 Å². The number of carbonyl (C=O) groups excluding carboxylic acids is 1. The van der Waals surface area contributed by atoms with Crippen molar-refractivity contribution in [3.8, 4) is 22.9 Å². The van der Waals surface area contributed by atoms with E-state index >= 15 is 0 Å². The van der Waals surface area contributed by atoms with Crippen LogP contribution in [-0.2, 0) is 27.5 Å². The summed E-state index contributed by atoms with van der Waals surface area (Å²) in [4.78, 5) is 16.5. The molecule has 1 N–H and O–H groups in total. The van der Waals surface area contributed by atoms with Gasteiger partial charge in [-0.05, 0) is 67.6 Å². The lowest BCUT2D eigenvalue weighted by Gasteiger charge is -2.09. The monoisotopic (exact) mass is 612 g/mol. The molecule has 0 radical (unpaired) electrons. The molecule has 0 saturated heterocycles. The molecule has 10 nitrogen and oxygen atoms in total. The van der Waals surface area contributed by atoms with Gasteiger partial charge in [-0.1, -0.05) is 18.2 Å². The van der Waals surface area contributed by atoms with Crippen LogP contribution in [0.3, 0.4) is 0 Å². The lowest BCUT2D eigenvalue weighted by atomic mass is 10.1. The molecule has 2 aromatic heterocycles. The van der Waals surface area contributed by atoms with Crippen LogP contribution in [0.2, 0.25) is 0 Å². The molecule has 0 aliphatic carbocycles. The predicted molar refractivity (Wildman–Crippen MR) is 148 cm³/mol. The number of alkyl halides is 3. The zero-order valence-electron chi connectivity index (χ0n) is 22.6. The molecule has 5 rings (SSSR count). The Morgan fingerprint density at radius 2 is 1.67 bits per heavy atom. The third kappa shape index (κ3) is 6.54. The van der Waals surface area contributed by atoms with Crippen LogP contribution in [0.4, 0.5) is 19.0 Å². The summed E-state index contributed by atoms with van der Waals surface area (Å²) in [5.41, 5.74) is 0.530. The molecule has 0 amide bonds. The van der Waals surface area contributed by atoms with E-state index in [4.69, 9.17) is 13.9 Å². The number of halogens is 3. The van der Waals surface area contributed by atoms with Crippen molar-refractivity contribution < 1.29 is 40.3 Å². The quantitative estimate of drug-likeness (QED) is 0.200. The third-order valence-corrected chi connectivity index (χ3v) is 7.59. The number of hydrogen-bond donors (Lipinski definition) is 1. The summed E-state index contributed by atoms with van der Waals surface area (Å²) in [5, 5.41) is 4.22. The Bertz CT molecular complexity index is 1850. The smallest absolute Gasteiger partial charge is 0.416 e. The van der Waals surface area contributed by atoms with Gasteiger partial charge in [0.15, 0.2) is 5.82 Å². The van der Waals surface area contributed by atoms with Crippen LogP contribution in [0.25, 0.3) is 17.1 Å². The Morgan fingerprint density at radius 1 is 1.00 bits per heavy atom. The largest absolute Gasteiger partial charge is 0.487 e. The summed E-state index contributed by atoms with van der Waals surface area (Å²) < 4.78 is 84.6. The Balaban J connectivity index is 1.28. The van der Waals surface area contributed by atoms with Crippen molar-refractivity contribution in [2.24, 2.45) is 0 Å². The highest BCUT2D eigenvalue weighted by Crippen LogP contribution is 2.31. The van der Waals surface area contributed by atoms with Crippen LogP contribution in [-0.4, -0.2) is 36.3 Å². The number of aromatic nitrogens is 3. The van der Waals surface area contributed by atoms with Gasteiger partial charge in [0.1, 0.15) is 29.4 Å². The zero-order chi connectivity index (χ0) is 30.8. The number of oxazole rings is 1. The van der Waals surface area contributed by atoms with Crippen molar-refractivity contribution in [3.05, 3.63) is 108 Å². The number of nitrogens with zero attached hydrogens (tertiary/aromatic N) is 3. The van der Waals surface area contributed by atoms with Crippen molar-refractivity contribution >= 4 is 21.8 Å². The van der Waals surface area contributed by atoms with E-state index < -0.39 is 27.7 Å². The van der Waals surface area contributed by atoms with Crippen LogP contribution in [0.5, 0.6) is 5.75 Å². The van der Waals surface area contributed by atoms with Gasteiger partial charge in [-0.25, -0.2) is 22.9 Å². The van der Waals surface area contributed by atoms with E-state index in [1.54, 1.807) is 37.3 Å². The summed E-state index contributed by atoms with van der Waals surface area (Å²) in [6, 6.07) is 18.7. The van der Waals surface area contributed by atoms with Crippen LogP contribution in [0.15, 0.2) is 94.4 Å². The normalized spacial score (nSPS) is 11.7. The minimum Gasteiger partial charge on any atom is -0.487 e. The van der Waals surface area contributed by atoms with Crippen LogP contribution >= 0.6 is 0 Å². The molecular formula is C29H23F3N4O6S. The second-order valence-corrected chi connectivity index (χ2v) is 10.8. The second kappa shape index (κ2) is 11.6. The minimum absolute atomic E-state index is 0.0419. The molecule has 43 heavy (non-hydrogen) atoms. The maximum absolute atomic E-state index is 13.1. The first-order chi connectivity index (χ1) is 20.4. The van der Waals surface area contributed by atoms with Gasteiger partial charge >= 0.3 is 12.1 Å². The number of sulfonamides is 1. The number of hydrogen-bond acceptors (Lipinski definition) is 8. The molecule has 14 heteroatoms. The molecule has 0 unspecified atom stereocenters. The molecule has 3 aromatic carbocycles. The fourth-order valence-electron chi connectivity index (χ4n) is 3.96. The molecule has 0 spiro atoms. The van der Waals surface area contributed by atoms with Gasteiger partial charge in [-0.15, -0.1) is 5.10 Å². The first-order valence-electron chi connectivity index (χ1n) is 12.6. The van der Waals surface area contributed by atoms with Gasteiger partial charge in [0, 0.05) is 11.8 Å². The lowest BCUT2D eigenvalue weighted by molar-refractivity contribution is -0.137. The highest BCUT2D eigenvalue weighted by atomic mass is 32.2. The van der Waals surface area contributed by atoms with E-state index in [0.717, 1.165) is 12.1 Å². The molecule has 5 aromatic rings. The average Bonchev–Trinajstić information content (AvgIpc) is 3.59. The highest BCUT2D eigenvalue weighted by Gasteiger charge is 2.30. The minimum atomic E-state index is -4.45. The van der Waals surface area contributed by atoms with E-state index in [9.17, 15) is 26.4 Å². The maximum atomic E-state index is 13.1. The number of benzene rings is 3. The number of nitrogens with one attached hydrogen (secondary N) is 1. The number of esters is 1. The van der Waals surface area contributed by atoms with E-state index in [1.165, 1.54) is 54.4 Å². The molecule has 0 fully saturated rings. The first-order valence-corrected chi connectivity index (χ1v) is 14.1. The van der Waals surface area contributed by atoms with Crippen LogP contribution in [0.1, 0.15) is 27.4 Å². The number of rotatable bonds is 9. The van der Waals surface area contributed by atoms with Crippen molar-refractivity contribution in [1.29, 1.82) is 0 Å². The number of carbonyl (C=O) groups is 1. The van der Waals surface area contributed by atoms with E-state index in [1.807, 2.05) is 0 Å². The van der Waals surface area contributed by atoms with Crippen molar-refractivity contribution in [2.75, 3.05) is 11.8 Å². The molecule has 0 atom stereocenters. The van der Waals surface area contributed by atoms with Crippen molar-refractivity contribution in [2.45, 2.75) is 24.6 Å². The molecule has 0 aliphatic heterocycles. The number of aryl methyl sites for hydroxylation is 1. The Labute approximate surface area is 243 Å². The van der Waals surface area contributed by atoms with Gasteiger partial charge in [0.2, 0.25) is 5.89 Å². The third-order valence-electron chi connectivity index (χ3n) is 6.23.